The molecular formula is C29H32N2O4. The number of carbonyl (C=O) groups excluding carboxylic acids is 1. The third kappa shape index (κ3) is 2.54. The molecule has 3 saturated carbocycles. The van der Waals surface area contributed by atoms with Crippen LogP contribution in [0.2, 0.25) is 0 Å². The molecule has 3 heterocycles. The van der Waals surface area contributed by atoms with Crippen molar-refractivity contribution in [1.29, 1.82) is 0 Å². The highest BCUT2D eigenvalue weighted by molar-refractivity contribution is 5.94. The number of aromatic hydroxyl groups is 1. The number of hydrogen-bond acceptors (Lipinski definition) is 5. The molecule has 35 heavy (non-hydrogen) atoms. The Bertz CT molecular complexity index is 1280. The number of fused-ring (bicyclic) bond motifs is 1. The molecule has 6 heteroatoms. The van der Waals surface area contributed by atoms with E-state index in [-0.39, 0.29) is 22.8 Å². The van der Waals surface area contributed by atoms with E-state index >= 15 is 0 Å². The molecule has 1 aromatic heterocycles. The molecule has 0 unspecified atom stereocenters. The van der Waals surface area contributed by atoms with E-state index in [0.29, 0.717) is 29.2 Å². The van der Waals surface area contributed by atoms with Gasteiger partial charge in [0.2, 0.25) is 0 Å². The average Bonchev–Trinajstić information content (AvgIpc) is 3.54. The van der Waals surface area contributed by atoms with E-state index in [9.17, 15) is 14.7 Å². The molecule has 1 N–H and O–H groups in total. The Kier molecular flexibility index (Phi) is 3.99. The van der Waals surface area contributed by atoms with Crippen LogP contribution in [0.25, 0.3) is 0 Å². The predicted octanol–water partition coefficient (Wildman–Crippen LogP) is 3.56. The molecule has 0 spiro atoms. The van der Waals surface area contributed by atoms with Crippen molar-refractivity contribution >= 4 is 5.91 Å². The van der Waals surface area contributed by atoms with Gasteiger partial charge in [-0.2, -0.15) is 0 Å². The van der Waals surface area contributed by atoms with Gasteiger partial charge in [-0.3, -0.25) is 9.69 Å². The SMILES string of the molecule is O=C(c1ccc(=O)oc1)N1C[C@H]2C[C@@]34CC[C@@H]1[C@@H]2[C@@]31CCN(CC2CC2)[C@@H]4Cc2ccc(O)cc21. The quantitative estimate of drug-likeness (QED) is 0.740. The smallest absolute Gasteiger partial charge is 0.335 e. The van der Waals surface area contributed by atoms with E-state index in [1.807, 2.05) is 6.07 Å². The van der Waals surface area contributed by atoms with Crippen LogP contribution in [-0.4, -0.2) is 52.5 Å². The minimum atomic E-state index is -0.427. The van der Waals surface area contributed by atoms with Crippen molar-refractivity contribution in [2.45, 2.75) is 62.4 Å². The first-order chi connectivity index (χ1) is 17.0. The van der Waals surface area contributed by atoms with Crippen LogP contribution >= 0.6 is 0 Å². The summed E-state index contributed by atoms with van der Waals surface area (Å²) < 4.78 is 5.03. The topological polar surface area (TPSA) is 74.0 Å². The van der Waals surface area contributed by atoms with Gasteiger partial charge >= 0.3 is 5.63 Å². The van der Waals surface area contributed by atoms with Crippen LogP contribution in [0, 0.1) is 23.2 Å². The zero-order valence-corrected chi connectivity index (χ0v) is 20.0. The molecule has 6 nitrogen and oxygen atoms in total. The summed E-state index contributed by atoms with van der Waals surface area (Å²) >= 11 is 0. The molecule has 2 aliphatic heterocycles. The number of nitrogens with zero attached hydrogens (tertiary/aromatic N) is 2. The van der Waals surface area contributed by atoms with Gasteiger partial charge in [-0.15, -0.1) is 0 Å². The Morgan fingerprint density at radius 1 is 1.14 bits per heavy atom. The Balaban J connectivity index is 1.24. The summed E-state index contributed by atoms with van der Waals surface area (Å²) in [6, 6.07) is 9.86. The van der Waals surface area contributed by atoms with Gasteiger partial charge in [0.05, 0.1) is 5.56 Å². The van der Waals surface area contributed by atoms with Gasteiger partial charge in [0, 0.05) is 36.7 Å². The second-order valence-electron chi connectivity index (χ2n) is 12.3. The lowest BCUT2D eigenvalue weighted by molar-refractivity contribution is -0.102. The number of hydrogen-bond donors (Lipinski definition) is 1. The monoisotopic (exact) mass is 472 g/mol. The van der Waals surface area contributed by atoms with Crippen molar-refractivity contribution in [2.24, 2.45) is 23.2 Å². The minimum absolute atomic E-state index is 0.00767. The molecule has 4 bridgehead atoms. The fourth-order valence-corrected chi connectivity index (χ4v) is 9.82. The van der Waals surface area contributed by atoms with Crippen molar-refractivity contribution in [3.05, 3.63) is 63.7 Å². The summed E-state index contributed by atoms with van der Waals surface area (Å²) in [4.78, 5) is 30.0. The number of likely N-dealkylation sites (tertiary alicyclic amines) is 2. The van der Waals surface area contributed by atoms with Crippen LogP contribution in [-0.2, 0) is 11.8 Å². The molecule has 0 radical (unpaired) electrons. The third-order valence-corrected chi connectivity index (χ3v) is 11.0. The summed E-state index contributed by atoms with van der Waals surface area (Å²) in [5.41, 5.74) is 3.13. The van der Waals surface area contributed by atoms with Crippen molar-refractivity contribution in [3.8, 4) is 5.75 Å². The number of piperidine rings is 1. The highest BCUT2D eigenvalue weighted by atomic mass is 16.4. The number of phenols is 1. The van der Waals surface area contributed by atoms with Gasteiger partial charge in [-0.1, -0.05) is 6.07 Å². The fraction of sp³-hybridized carbons (Fsp3) is 0.586. The average molecular weight is 473 g/mol. The first-order valence-corrected chi connectivity index (χ1v) is 13.5. The summed E-state index contributed by atoms with van der Waals surface area (Å²) in [6.07, 6.45) is 9.71. The Morgan fingerprint density at radius 2 is 2.03 bits per heavy atom. The van der Waals surface area contributed by atoms with E-state index < -0.39 is 5.63 Å². The molecule has 1 aromatic carbocycles. The number of phenolic OH excluding ortho intramolecular Hbond substituents is 1. The van der Waals surface area contributed by atoms with Crippen LogP contribution in [0.15, 0.2) is 45.8 Å². The second-order valence-corrected chi connectivity index (χ2v) is 12.3. The second kappa shape index (κ2) is 6.78. The van der Waals surface area contributed by atoms with Crippen molar-refractivity contribution in [3.63, 3.8) is 0 Å². The molecule has 5 fully saturated rings. The number of amides is 1. The molecule has 4 aliphatic carbocycles. The van der Waals surface area contributed by atoms with Crippen LogP contribution in [0.1, 0.15) is 60.0 Å². The largest absolute Gasteiger partial charge is 0.508 e. The van der Waals surface area contributed by atoms with Crippen LogP contribution < -0.4 is 5.63 Å². The maximum atomic E-state index is 13.6. The Morgan fingerprint density at radius 3 is 2.83 bits per heavy atom. The van der Waals surface area contributed by atoms with Gasteiger partial charge in [-0.25, -0.2) is 4.79 Å². The van der Waals surface area contributed by atoms with E-state index in [0.717, 1.165) is 44.7 Å². The van der Waals surface area contributed by atoms with Gasteiger partial charge in [0.15, 0.2) is 0 Å². The van der Waals surface area contributed by atoms with Crippen LogP contribution in [0.3, 0.4) is 0 Å². The summed E-state index contributed by atoms with van der Waals surface area (Å²) in [5, 5.41) is 10.6. The first-order valence-electron chi connectivity index (χ1n) is 13.5. The van der Waals surface area contributed by atoms with Gasteiger partial charge < -0.3 is 14.4 Å². The highest BCUT2D eigenvalue weighted by Crippen LogP contribution is 2.75. The fourth-order valence-electron chi connectivity index (χ4n) is 9.82. The Labute approximate surface area is 204 Å². The molecule has 1 amide bonds. The minimum Gasteiger partial charge on any atom is -0.508 e. The number of carbonyl (C=O) groups is 1. The maximum absolute atomic E-state index is 13.6. The molecule has 2 aromatic rings. The highest BCUT2D eigenvalue weighted by Gasteiger charge is 2.76. The lowest BCUT2D eigenvalue weighted by Crippen LogP contribution is -2.69. The molecule has 6 aliphatic rings. The van der Waals surface area contributed by atoms with E-state index in [1.165, 1.54) is 49.3 Å². The van der Waals surface area contributed by atoms with E-state index in [4.69, 9.17) is 4.42 Å². The maximum Gasteiger partial charge on any atom is 0.335 e. The van der Waals surface area contributed by atoms with Crippen molar-refractivity contribution in [2.75, 3.05) is 19.6 Å². The Hall–Kier alpha value is -2.60. The van der Waals surface area contributed by atoms with E-state index in [2.05, 4.69) is 21.9 Å². The van der Waals surface area contributed by atoms with Crippen LogP contribution in [0.4, 0.5) is 0 Å². The summed E-state index contributed by atoms with van der Waals surface area (Å²) in [5.74, 6) is 2.17. The van der Waals surface area contributed by atoms with Crippen molar-refractivity contribution in [1.82, 2.24) is 9.80 Å². The molecule has 6 atom stereocenters. The van der Waals surface area contributed by atoms with E-state index in [1.54, 1.807) is 6.07 Å². The van der Waals surface area contributed by atoms with Gasteiger partial charge in [-0.05, 0) is 104 Å². The summed E-state index contributed by atoms with van der Waals surface area (Å²) in [6.45, 7) is 3.17. The summed E-state index contributed by atoms with van der Waals surface area (Å²) in [7, 11) is 0. The number of benzene rings is 1. The lowest BCUT2D eigenvalue weighted by Gasteiger charge is -2.66. The zero-order valence-electron chi connectivity index (χ0n) is 20.0. The molecule has 2 saturated heterocycles. The van der Waals surface area contributed by atoms with Gasteiger partial charge in [0.25, 0.3) is 5.91 Å². The molecule has 8 rings (SSSR count). The molecular weight excluding hydrogens is 440 g/mol. The predicted molar refractivity (Wildman–Crippen MR) is 129 cm³/mol. The molecule has 182 valence electrons. The lowest BCUT2D eigenvalue weighted by atomic mass is 9.43. The first kappa shape index (κ1) is 20.6. The number of rotatable bonds is 3. The third-order valence-electron chi connectivity index (χ3n) is 11.0. The zero-order chi connectivity index (χ0) is 23.5. The van der Waals surface area contributed by atoms with Crippen LogP contribution in [0.5, 0.6) is 5.75 Å². The normalized spacial score (nSPS) is 38.8. The van der Waals surface area contributed by atoms with Crippen molar-refractivity contribution < 1.29 is 14.3 Å². The standard InChI is InChI=1S/C29H32N2O4/c32-21-5-3-18-11-24-28-8-7-23-26(29(28,22(18)12-21)9-10-30(24)14-17-1-2-17)20(13-28)15-31(23)27(34)19-4-6-25(33)35-16-19/h3-6,12,16-17,20,23-24,26,32H,1-2,7-11,13-15H2/t20-,23-,24-,26-,28-,29+/m1/s1. The van der Waals surface area contributed by atoms with Gasteiger partial charge in [0.1, 0.15) is 12.0 Å².